The second-order valence-corrected chi connectivity index (χ2v) is 7.27. The Morgan fingerprint density at radius 2 is 1.96 bits per heavy atom. The largest absolute Gasteiger partial charge is 0.351 e. The van der Waals surface area contributed by atoms with Gasteiger partial charge in [-0.2, -0.15) is 0 Å². The van der Waals surface area contributed by atoms with Crippen molar-refractivity contribution in [1.82, 2.24) is 19.9 Å². The summed E-state index contributed by atoms with van der Waals surface area (Å²) in [4.78, 5) is 23.3. The number of aromatic nitrogens is 3. The van der Waals surface area contributed by atoms with Crippen LogP contribution in [0.15, 0.2) is 35.5 Å². The molecule has 7 nitrogen and oxygen atoms in total. The lowest BCUT2D eigenvalue weighted by atomic mass is 10.1. The number of thioether (sulfide) groups is 1. The number of amides is 3. The average molecular weight is 357 g/mol. The third-order valence-electron chi connectivity index (χ3n) is 3.92. The number of hydrogen-bond acceptors (Lipinski definition) is 5. The molecule has 3 aromatic rings. The van der Waals surface area contributed by atoms with Crippen molar-refractivity contribution in [3.05, 3.63) is 35.9 Å². The fourth-order valence-corrected chi connectivity index (χ4v) is 3.80. The molecule has 0 unspecified atom stereocenters. The van der Waals surface area contributed by atoms with Gasteiger partial charge in [-0.1, -0.05) is 43.8 Å². The van der Waals surface area contributed by atoms with Gasteiger partial charge in [0.15, 0.2) is 10.8 Å². The third kappa shape index (κ3) is 3.30. The maximum atomic E-state index is 12.3. The highest BCUT2D eigenvalue weighted by molar-refractivity contribution is 8.00. The van der Waals surface area contributed by atoms with Crippen LogP contribution in [-0.4, -0.2) is 31.8 Å². The third-order valence-corrected chi connectivity index (χ3v) is 5.40. The molecule has 0 spiro atoms. The Morgan fingerprint density at radius 3 is 2.64 bits per heavy atom. The van der Waals surface area contributed by atoms with Gasteiger partial charge in [-0.25, -0.2) is 4.79 Å². The minimum atomic E-state index is -0.858. The number of fused-ring (bicyclic) bond motifs is 3. The number of imide groups is 1. The number of primary amides is 1. The standard InChI is InChI=1S/C17H19N5O2S/c1-9(2)14(15(23)19-16(18)24)25-17-21-20-13-8-10(3)11-6-4-5-7-12(11)22(13)17/h4-9,14H,1-3H3,(H3,18,19,23,24)/t14-/m0/s1. The average Bonchev–Trinajstić information content (AvgIpc) is 2.94. The summed E-state index contributed by atoms with van der Waals surface area (Å²) >= 11 is 1.27. The van der Waals surface area contributed by atoms with Crippen LogP contribution in [-0.2, 0) is 4.79 Å². The zero-order chi connectivity index (χ0) is 18.1. The number of nitrogens with zero attached hydrogens (tertiary/aromatic N) is 3. The van der Waals surface area contributed by atoms with Crippen molar-refractivity contribution in [3.8, 4) is 0 Å². The van der Waals surface area contributed by atoms with Gasteiger partial charge >= 0.3 is 6.03 Å². The van der Waals surface area contributed by atoms with E-state index in [1.54, 1.807) is 0 Å². The Labute approximate surface area is 149 Å². The lowest BCUT2D eigenvalue weighted by Crippen LogP contribution is -2.42. The van der Waals surface area contributed by atoms with Crippen molar-refractivity contribution in [1.29, 1.82) is 0 Å². The predicted octanol–water partition coefficient (Wildman–Crippen LogP) is 2.50. The molecule has 25 heavy (non-hydrogen) atoms. The van der Waals surface area contributed by atoms with E-state index in [1.165, 1.54) is 11.8 Å². The van der Waals surface area contributed by atoms with E-state index in [0.717, 1.165) is 22.1 Å². The molecule has 130 valence electrons. The minimum Gasteiger partial charge on any atom is -0.351 e. The number of benzene rings is 1. The maximum Gasteiger partial charge on any atom is 0.318 e. The number of nitrogens with one attached hydrogen (secondary N) is 1. The molecule has 0 aliphatic carbocycles. The fraction of sp³-hybridized carbons (Fsp3) is 0.294. The highest BCUT2D eigenvalue weighted by atomic mass is 32.2. The number of rotatable bonds is 4. The van der Waals surface area contributed by atoms with E-state index in [2.05, 4.69) is 15.5 Å². The molecule has 1 aromatic carbocycles. The van der Waals surface area contributed by atoms with Crippen molar-refractivity contribution in [2.45, 2.75) is 31.2 Å². The Balaban J connectivity index is 2.08. The van der Waals surface area contributed by atoms with Crippen LogP contribution in [0.2, 0.25) is 0 Å². The Bertz CT molecular complexity index is 966. The lowest BCUT2D eigenvalue weighted by molar-refractivity contribution is -0.120. The second-order valence-electron chi connectivity index (χ2n) is 6.16. The summed E-state index contributed by atoms with van der Waals surface area (Å²) in [5.74, 6) is -0.450. The van der Waals surface area contributed by atoms with Crippen molar-refractivity contribution < 1.29 is 9.59 Å². The maximum absolute atomic E-state index is 12.3. The molecule has 0 fully saturated rings. The topological polar surface area (TPSA) is 102 Å². The summed E-state index contributed by atoms with van der Waals surface area (Å²) in [6, 6.07) is 9.08. The van der Waals surface area contributed by atoms with Crippen molar-refractivity contribution in [3.63, 3.8) is 0 Å². The van der Waals surface area contributed by atoms with Crippen LogP contribution in [0, 0.1) is 12.8 Å². The van der Waals surface area contributed by atoms with Crippen LogP contribution in [0.5, 0.6) is 0 Å². The minimum absolute atomic E-state index is 0.0200. The number of carbonyl (C=O) groups excluding carboxylic acids is 2. The van der Waals surface area contributed by atoms with Gasteiger partial charge in [0.05, 0.1) is 10.8 Å². The molecule has 3 N–H and O–H groups in total. The van der Waals surface area contributed by atoms with Gasteiger partial charge in [-0.3, -0.25) is 14.5 Å². The van der Waals surface area contributed by atoms with E-state index in [9.17, 15) is 9.59 Å². The van der Waals surface area contributed by atoms with Crippen LogP contribution in [0.4, 0.5) is 4.79 Å². The highest BCUT2D eigenvalue weighted by Gasteiger charge is 2.27. The summed E-state index contributed by atoms with van der Waals surface area (Å²) in [5, 5.41) is 11.8. The molecule has 1 atom stereocenters. The summed E-state index contributed by atoms with van der Waals surface area (Å²) in [7, 11) is 0. The summed E-state index contributed by atoms with van der Waals surface area (Å²) in [5.41, 5.74) is 7.88. The Hall–Kier alpha value is -2.61. The first-order chi connectivity index (χ1) is 11.9. The SMILES string of the molecule is Cc1cc2nnc(S[C@H](C(=O)NC(N)=O)C(C)C)n2c2ccccc12. The van der Waals surface area contributed by atoms with Gasteiger partial charge in [-0.05, 0) is 30.5 Å². The number of pyridine rings is 1. The fourth-order valence-electron chi connectivity index (χ4n) is 2.75. The van der Waals surface area contributed by atoms with Crippen LogP contribution in [0.3, 0.4) is 0 Å². The first kappa shape index (κ1) is 17.2. The van der Waals surface area contributed by atoms with Gasteiger partial charge in [0.2, 0.25) is 5.91 Å². The molecule has 2 aromatic heterocycles. The van der Waals surface area contributed by atoms with Crippen molar-refractivity contribution >= 4 is 40.3 Å². The zero-order valence-electron chi connectivity index (χ0n) is 14.2. The molecule has 0 aliphatic heterocycles. The lowest BCUT2D eigenvalue weighted by Gasteiger charge is -2.18. The first-order valence-corrected chi connectivity index (χ1v) is 8.77. The van der Waals surface area contributed by atoms with Gasteiger partial charge in [0.1, 0.15) is 0 Å². The number of carbonyl (C=O) groups is 2. The Morgan fingerprint density at radius 1 is 1.24 bits per heavy atom. The van der Waals surface area contributed by atoms with Gasteiger partial charge < -0.3 is 5.73 Å². The number of nitrogens with two attached hydrogens (primary N) is 1. The van der Waals surface area contributed by atoms with Gasteiger partial charge in [0, 0.05) is 5.39 Å². The zero-order valence-corrected chi connectivity index (χ0v) is 15.0. The van der Waals surface area contributed by atoms with Crippen LogP contribution >= 0.6 is 11.8 Å². The van der Waals surface area contributed by atoms with E-state index >= 15 is 0 Å². The molecule has 2 heterocycles. The molecule has 3 amide bonds. The molecule has 0 radical (unpaired) electrons. The number of urea groups is 1. The quantitative estimate of drug-likeness (QED) is 0.699. The number of hydrogen-bond donors (Lipinski definition) is 2. The van der Waals surface area contributed by atoms with E-state index < -0.39 is 17.2 Å². The first-order valence-electron chi connectivity index (χ1n) is 7.89. The monoisotopic (exact) mass is 357 g/mol. The van der Waals surface area contributed by atoms with E-state index in [4.69, 9.17) is 5.73 Å². The van der Waals surface area contributed by atoms with Crippen LogP contribution in [0.1, 0.15) is 19.4 Å². The normalized spacial score (nSPS) is 12.6. The molecular weight excluding hydrogens is 338 g/mol. The van der Waals surface area contributed by atoms with Crippen LogP contribution < -0.4 is 11.1 Å². The van der Waals surface area contributed by atoms with Crippen LogP contribution in [0.25, 0.3) is 16.6 Å². The molecule has 0 aliphatic rings. The molecule has 8 heteroatoms. The highest BCUT2D eigenvalue weighted by Crippen LogP contribution is 2.30. The van der Waals surface area contributed by atoms with Crippen molar-refractivity contribution in [2.24, 2.45) is 11.7 Å². The van der Waals surface area contributed by atoms with E-state index in [0.29, 0.717) is 5.16 Å². The second kappa shape index (κ2) is 6.72. The van der Waals surface area contributed by atoms with Gasteiger partial charge in [-0.15, -0.1) is 10.2 Å². The summed E-state index contributed by atoms with van der Waals surface area (Å²) in [6.45, 7) is 5.84. The molecule has 0 saturated heterocycles. The predicted molar refractivity (Wildman–Crippen MR) is 97.4 cm³/mol. The van der Waals surface area contributed by atoms with Crippen molar-refractivity contribution in [2.75, 3.05) is 0 Å². The number of para-hydroxylation sites is 1. The number of aryl methyl sites for hydroxylation is 1. The smallest absolute Gasteiger partial charge is 0.318 e. The summed E-state index contributed by atoms with van der Waals surface area (Å²) < 4.78 is 1.93. The summed E-state index contributed by atoms with van der Waals surface area (Å²) in [6.07, 6.45) is 0. The molecule has 3 rings (SSSR count). The van der Waals surface area contributed by atoms with E-state index in [1.807, 2.05) is 55.5 Å². The van der Waals surface area contributed by atoms with Gasteiger partial charge in [0.25, 0.3) is 0 Å². The molecule has 0 bridgehead atoms. The van der Waals surface area contributed by atoms with E-state index in [-0.39, 0.29) is 5.92 Å². The Kier molecular flexibility index (Phi) is 4.63. The molecule has 0 saturated carbocycles. The molecular formula is C17H19N5O2S.